The van der Waals surface area contributed by atoms with Crippen LogP contribution in [0.1, 0.15) is 31.8 Å². The molecule has 0 heterocycles. The Hall–Kier alpha value is -1.12. The molecule has 0 aliphatic heterocycles. The van der Waals surface area contributed by atoms with Gasteiger partial charge in [-0.25, -0.2) is 8.78 Å². The zero-order valence-corrected chi connectivity index (χ0v) is 8.17. The first-order valence-electron chi connectivity index (χ1n) is 4.75. The van der Waals surface area contributed by atoms with Crippen LogP contribution in [-0.2, 0) is 0 Å². The Labute approximate surface area is 82.7 Å². The highest BCUT2D eigenvalue weighted by Crippen LogP contribution is 2.22. The molecule has 14 heavy (non-hydrogen) atoms. The summed E-state index contributed by atoms with van der Waals surface area (Å²) in [4.78, 5) is 0. The predicted octanol–water partition coefficient (Wildman–Crippen LogP) is 3.80. The van der Waals surface area contributed by atoms with Gasteiger partial charge in [0.2, 0.25) is 0 Å². The fourth-order valence-electron chi connectivity index (χ4n) is 1.07. The topological polar surface area (TPSA) is 9.23 Å². The van der Waals surface area contributed by atoms with E-state index in [0.717, 1.165) is 12.8 Å². The van der Waals surface area contributed by atoms with Crippen molar-refractivity contribution in [1.82, 2.24) is 0 Å². The molecule has 1 nitrogen and oxygen atoms in total. The van der Waals surface area contributed by atoms with E-state index in [1.54, 1.807) is 12.1 Å². The van der Waals surface area contributed by atoms with Crippen LogP contribution in [0.4, 0.5) is 8.78 Å². The maximum absolute atomic E-state index is 12.3. The molecule has 0 N–H and O–H groups in total. The Morgan fingerprint density at radius 3 is 2.79 bits per heavy atom. The van der Waals surface area contributed by atoms with E-state index in [-0.39, 0.29) is 5.56 Å². The van der Waals surface area contributed by atoms with Crippen LogP contribution in [0.2, 0.25) is 0 Å². The first-order chi connectivity index (χ1) is 6.74. The van der Waals surface area contributed by atoms with E-state index >= 15 is 0 Å². The Morgan fingerprint density at radius 1 is 1.36 bits per heavy atom. The monoisotopic (exact) mass is 200 g/mol. The summed E-state index contributed by atoms with van der Waals surface area (Å²) in [7, 11) is 0. The summed E-state index contributed by atoms with van der Waals surface area (Å²) in [5.74, 6) is 0.524. The fourth-order valence-corrected chi connectivity index (χ4v) is 1.07. The summed E-state index contributed by atoms with van der Waals surface area (Å²) < 4.78 is 29.9. The summed E-state index contributed by atoms with van der Waals surface area (Å²) >= 11 is 0. The first-order valence-corrected chi connectivity index (χ1v) is 4.75. The van der Waals surface area contributed by atoms with Gasteiger partial charge in [-0.05, 0) is 18.6 Å². The van der Waals surface area contributed by atoms with Gasteiger partial charge in [0.1, 0.15) is 5.75 Å². The third-order valence-corrected chi connectivity index (χ3v) is 1.88. The number of benzene rings is 1. The Bertz CT molecular complexity index is 274. The third-order valence-electron chi connectivity index (χ3n) is 1.88. The molecule has 78 valence electrons. The second-order valence-corrected chi connectivity index (χ2v) is 3.08. The van der Waals surface area contributed by atoms with Gasteiger partial charge in [-0.2, -0.15) is 0 Å². The minimum Gasteiger partial charge on any atom is -0.494 e. The lowest BCUT2D eigenvalue weighted by Crippen LogP contribution is -1.96. The zero-order chi connectivity index (χ0) is 10.4. The molecule has 0 radical (unpaired) electrons. The zero-order valence-electron chi connectivity index (χ0n) is 8.17. The number of hydrogen-bond acceptors (Lipinski definition) is 1. The highest BCUT2D eigenvalue weighted by molar-refractivity contribution is 5.29. The Balaban J connectivity index is 2.55. The molecule has 0 spiro atoms. The maximum Gasteiger partial charge on any atom is 0.263 e. The third kappa shape index (κ3) is 3.32. The maximum atomic E-state index is 12.3. The number of unbranched alkanes of at least 4 members (excludes halogenated alkanes) is 1. The quantitative estimate of drug-likeness (QED) is 0.657. The molecule has 0 amide bonds. The second-order valence-electron chi connectivity index (χ2n) is 3.08. The van der Waals surface area contributed by atoms with Crippen molar-refractivity contribution < 1.29 is 13.5 Å². The lowest BCUT2D eigenvalue weighted by Gasteiger charge is -2.06. The lowest BCUT2D eigenvalue weighted by molar-refractivity contribution is 0.151. The van der Waals surface area contributed by atoms with Crippen molar-refractivity contribution in [2.75, 3.05) is 6.61 Å². The van der Waals surface area contributed by atoms with Crippen molar-refractivity contribution >= 4 is 0 Å². The minimum atomic E-state index is -2.43. The molecular formula is C11H14F2O. The fraction of sp³-hybridized carbons (Fsp3) is 0.455. The Kier molecular flexibility index (Phi) is 4.36. The van der Waals surface area contributed by atoms with Gasteiger partial charge in [-0.3, -0.25) is 0 Å². The number of ether oxygens (including phenoxy) is 1. The van der Waals surface area contributed by atoms with Gasteiger partial charge < -0.3 is 4.74 Å². The standard InChI is InChI=1S/C11H14F2O/c1-2-3-7-14-10-6-4-5-9(8-10)11(12)13/h4-6,8,11H,2-3,7H2,1H3. The van der Waals surface area contributed by atoms with Gasteiger partial charge in [0.05, 0.1) is 6.61 Å². The molecule has 1 aromatic carbocycles. The van der Waals surface area contributed by atoms with Crippen molar-refractivity contribution in [3.63, 3.8) is 0 Å². The van der Waals surface area contributed by atoms with Crippen LogP contribution >= 0.6 is 0 Å². The lowest BCUT2D eigenvalue weighted by atomic mass is 10.2. The van der Waals surface area contributed by atoms with E-state index in [2.05, 4.69) is 6.92 Å². The van der Waals surface area contributed by atoms with Gasteiger partial charge in [0.15, 0.2) is 0 Å². The number of rotatable bonds is 5. The van der Waals surface area contributed by atoms with Gasteiger partial charge in [-0.15, -0.1) is 0 Å². The highest BCUT2D eigenvalue weighted by atomic mass is 19.3. The molecule has 0 unspecified atom stereocenters. The number of hydrogen-bond donors (Lipinski definition) is 0. The molecule has 0 bridgehead atoms. The van der Waals surface area contributed by atoms with Gasteiger partial charge >= 0.3 is 0 Å². The summed E-state index contributed by atoms with van der Waals surface area (Å²) in [6.45, 7) is 2.64. The number of alkyl halides is 2. The summed E-state index contributed by atoms with van der Waals surface area (Å²) in [5, 5.41) is 0. The molecular weight excluding hydrogens is 186 g/mol. The van der Waals surface area contributed by atoms with E-state index < -0.39 is 6.43 Å². The van der Waals surface area contributed by atoms with Crippen molar-refractivity contribution in [3.8, 4) is 5.75 Å². The Morgan fingerprint density at radius 2 is 2.14 bits per heavy atom. The van der Waals surface area contributed by atoms with Crippen LogP contribution in [0, 0.1) is 0 Å². The van der Waals surface area contributed by atoms with E-state index in [9.17, 15) is 8.78 Å². The second kappa shape index (κ2) is 5.58. The molecule has 1 aromatic rings. The molecule has 0 aliphatic rings. The highest BCUT2D eigenvalue weighted by Gasteiger charge is 2.06. The average Bonchev–Trinajstić information content (AvgIpc) is 2.19. The van der Waals surface area contributed by atoms with E-state index in [0.29, 0.717) is 12.4 Å². The SMILES string of the molecule is CCCCOc1cccc(C(F)F)c1. The summed E-state index contributed by atoms with van der Waals surface area (Å²) in [6, 6.07) is 6.07. The smallest absolute Gasteiger partial charge is 0.263 e. The van der Waals surface area contributed by atoms with Crippen molar-refractivity contribution in [3.05, 3.63) is 29.8 Å². The summed E-state index contributed by atoms with van der Waals surface area (Å²) in [5.41, 5.74) is 0.0130. The van der Waals surface area contributed by atoms with Gasteiger partial charge in [0.25, 0.3) is 6.43 Å². The molecule has 0 aliphatic carbocycles. The van der Waals surface area contributed by atoms with E-state index in [4.69, 9.17) is 4.74 Å². The van der Waals surface area contributed by atoms with Crippen LogP contribution in [0.15, 0.2) is 24.3 Å². The molecule has 3 heteroatoms. The molecule has 0 saturated carbocycles. The van der Waals surface area contributed by atoms with Gasteiger partial charge in [-0.1, -0.05) is 25.5 Å². The van der Waals surface area contributed by atoms with Crippen LogP contribution < -0.4 is 4.74 Å². The van der Waals surface area contributed by atoms with Crippen molar-refractivity contribution in [1.29, 1.82) is 0 Å². The van der Waals surface area contributed by atoms with Crippen LogP contribution in [0.3, 0.4) is 0 Å². The predicted molar refractivity (Wildman–Crippen MR) is 51.8 cm³/mol. The molecule has 0 aromatic heterocycles. The molecule has 0 saturated heterocycles. The normalized spacial score (nSPS) is 10.6. The molecule has 0 fully saturated rings. The van der Waals surface area contributed by atoms with E-state index in [1.807, 2.05) is 0 Å². The van der Waals surface area contributed by atoms with Crippen LogP contribution in [-0.4, -0.2) is 6.61 Å². The molecule has 1 rings (SSSR count). The van der Waals surface area contributed by atoms with Gasteiger partial charge in [0, 0.05) is 5.56 Å². The van der Waals surface area contributed by atoms with E-state index in [1.165, 1.54) is 12.1 Å². The van der Waals surface area contributed by atoms with Crippen molar-refractivity contribution in [2.24, 2.45) is 0 Å². The summed E-state index contributed by atoms with van der Waals surface area (Å²) in [6.07, 6.45) is -0.447. The first kappa shape index (κ1) is 11.0. The molecule has 0 atom stereocenters. The van der Waals surface area contributed by atoms with Crippen LogP contribution in [0.25, 0.3) is 0 Å². The van der Waals surface area contributed by atoms with Crippen LogP contribution in [0.5, 0.6) is 5.75 Å². The minimum absolute atomic E-state index is 0.0130. The number of halogens is 2. The van der Waals surface area contributed by atoms with Crippen molar-refractivity contribution in [2.45, 2.75) is 26.2 Å². The largest absolute Gasteiger partial charge is 0.494 e. The average molecular weight is 200 g/mol.